The van der Waals surface area contributed by atoms with E-state index in [2.05, 4.69) is 0 Å². The summed E-state index contributed by atoms with van der Waals surface area (Å²) in [6.07, 6.45) is -7.26. The molecule has 0 aliphatic carbocycles. The standard InChI is InChI=1S/C23H20F4O4/c1-15-14-20(30-22(24,25)16-4-8-18(28-2)9-5-16)12-13-21(15)31-23(26,27)17-6-10-19(29-3)11-7-17/h4-14H,1-3H3. The Labute approximate surface area is 176 Å². The summed E-state index contributed by atoms with van der Waals surface area (Å²) in [5.41, 5.74) is -0.549. The molecule has 0 N–H and O–H groups in total. The lowest BCUT2D eigenvalue weighted by molar-refractivity contribution is -0.188. The normalized spacial score (nSPS) is 11.7. The van der Waals surface area contributed by atoms with Crippen LogP contribution in [-0.4, -0.2) is 14.2 Å². The van der Waals surface area contributed by atoms with Gasteiger partial charge in [0.15, 0.2) is 0 Å². The zero-order chi connectivity index (χ0) is 22.6. The first kappa shape index (κ1) is 22.3. The quantitative estimate of drug-likeness (QED) is 0.390. The van der Waals surface area contributed by atoms with Crippen molar-refractivity contribution < 1.29 is 36.5 Å². The number of aryl methyl sites for hydroxylation is 1. The van der Waals surface area contributed by atoms with Gasteiger partial charge < -0.3 is 18.9 Å². The summed E-state index contributed by atoms with van der Waals surface area (Å²) in [6, 6.07) is 13.8. The predicted octanol–water partition coefficient (Wildman–Crippen LogP) is 6.27. The lowest BCUT2D eigenvalue weighted by Gasteiger charge is -2.21. The summed E-state index contributed by atoms with van der Waals surface area (Å²) < 4.78 is 77.4. The molecule has 0 saturated heterocycles. The Bertz CT molecular complexity index is 1020. The van der Waals surface area contributed by atoms with Gasteiger partial charge in [0.25, 0.3) is 0 Å². The molecule has 8 heteroatoms. The van der Waals surface area contributed by atoms with Gasteiger partial charge in [0.2, 0.25) is 0 Å². The minimum Gasteiger partial charge on any atom is -0.497 e. The Kier molecular flexibility index (Phi) is 6.29. The molecule has 31 heavy (non-hydrogen) atoms. The van der Waals surface area contributed by atoms with Crippen molar-refractivity contribution in [2.75, 3.05) is 14.2 Å². The lowest BCUT2D eigenvalue weighted by atomic mass is 10.1. The largest absolute Gasteiger partial charge is 0.497 e. The van der Waals surface area contributed by atoms with E-state index in [1.807, 2.05) is 0 Å². The van der Waals surface area contributed by atoms with Crippen LogP contribution in [0.15, 0.2) is 66.7 Å². The highest BCUT2D eigenvalue weighted by Crippen LogP contribution is 2.37. The molecule has 0 radical (unpaired) electrons. The van der Waals surface area contributed by atoms with Gasteiger partial charge in [0, 0.05) is 0 Å². The molecular formula is C23H20F4O4. The van der Waals surface area contributed by atoms with Gasteiger partial charge in [-0.1, -0.05) is 0 Å². The fourth-order valence-corrected chi connectivity index (χ4v) is 2.77. The number of rotatable bonds is 8. The molecule has 0 atom stereocenters. The van der Waals surface area contributed by atoms with Crippen LogP contribution in [0.3, 0.4) is 0 Å². The zero-order valence-electron chi connectivity index (χ0n) is 17.0. The molecule has 0 spiro atoms. The van der Waals surface area contributed by atoms with E-state index in [0.29, 0.717) is 11.5 Å². The van der Waals surface area contributed by atoms with Crippen molar-refractivity contribution in [2.45, 2.75) is 19.1 Å². The van der Waals surface area contributed by atoms with Crippen LogP contribution >= 0.6 is 0 Å². The molecule has 0 amide bonds. The van der Waals surface area contributed by atoms with Crippen molar-refractivity contribution in [3.05, 3.63) is 83.4 Å². The monoisotopic (exact) mass is 436 g/mol. The molecule has 0 fully saturated rings. The van der Waals surface area contributed by atoms with Crippen LogP contribution in [0.1, 0.15) is 16.7 Å². The number of ether oxygens (including phenoxy) is 4. The minimum atomic E-state index is -3.63. The van der Waals surface area contributed by atoms with Gasteiger partial charge in [-0.05, 0) is 79.2 Å². The molecule has 0 bridgehead atoms. The third kappa shape index (κ3) is 5.20. The highest BCUT2D eigenvalue weighted by Gasteiger charge is 2.36. The van der Waals surface area contributed by atoms with E-state index in [0.717, 1.165) is 12.1 Å². The third-order valence-corrected chi connectivity index (χ3v) is 4.48. The van der Waals surface area contributed by atoms with E-state index >= 15 is 0 Å². The molecule has 3 aromatic carbocycles. The second-order valence-corrected chi connectivity index (χ2v) is 6.62. The van der Waals surface area contributed by atoms with E-state index in [-0.39, 0.29) is 28.2 Å². The van der Waals surface area contributed by atoms with Gasteiger partial charge in [-0.15, -0.1) is 0 Å². The molecule has 0 aliphatic rings. The summed E-state index contributed by atoms with van der Waals surface area (Å²) >= 11 is 0. The summed E-state index contributed by atoms with van der Waals surface area (Å²) in [5.74, 6) is 0.490. The van der Waals surface area contributed by atoms with Crippen LogP contribution in [-0.2, 0) is 12.2 Å². The van der Waals surface area contributed by atoms with E-state index in [1.54, 1.807) is 0 Å². The molecular weight excluding hydrogens is 416 g/mol. The van der Waals surface area contributed by atoms with Crippen molar-refractivity contribution in [1.82, 2.24) is 0 Å². The van der Waals surface area contributed by atoms with Gasteiger partial charge in [-0.2, -0.15) is 17.6 Å². The molecule has 164 valence electrons. The summed E-state index contributed by atoms with van der Waals surface area (Å²) in [7, 11) is 2.85. The molecule has 0 unspecified atom stereocenters. The first-order valence-electron chi connectivity index (χ1n) is 9.18. The van der Waals surface area contributed by atoms with E-state index in [1.165, 1.54) is 75.7 Å². The van der Waals surface area contributed by atoms with Crippen LogP contribution in [0.4, 0.5) is 17.6 Å². The predicted molar refractivity (Wildman–Crippen MR) is 106 cm³/mol. The maximum Gasteiger partial charge on any atom is 0.426 e. The van der Waals surface area contributed by atoms with Gasteiger partial charge in [0.05, 0.1) is 25.3 Å². The van der Waals surface area contributed by atoms with Gasteiger partial charge in [-0.25, -0.2) is 0 Å². The fourth-order valence-electron chi connectivity index (χ4n) is 2.77. The second kappa shape index (κ2) is 8.75. The zero-order valence-corrected chi connectivity index (χ0v) is 17.0. The molecule has 0 saturated carbocycles. The fraction of sp³-hybridized carbons (Fsp3) is 0.217. The summed E-state index contributed by atoms with van der Waals surface area (Å²) in [4.78, 5) is 0. The topological polar surface area (TPSA) is 36.9 Å². The first-order chi connectivity index (χ1) is 14.6. The van der Waals surface area contributed by atoms with Crippen molar-refractivity contribution in [2.24, 2.45) is 0 Å². The van der Waals surface area contributed by atoms with Gasteiger partial charge >= 0.3 is 12.2 Å². The van der Waals surface area contributed by atoms with Crippen molar-refractivity contribution in [1.29, 1.82) is 0 Å². The van der Waals surface area contributed by atoms with Crippen molar-refractivity contribution in [3.8, 4) is 23.0 Å². The molecule has 0 aliphatic heterocycles. The molecule has 3 rings (SSSR count). The van der Waals surface area contributed by atoms with Crippen LogP contribution in [0, 0.1) is 6.92 Å². The first-order valence-corrected chi connectivity index (χ1v) is 9.18. The number of methoxy groups -OCH3 is 2. The van der Waals surface area contributed by atoms with Gasteiger partial charge in [-0.3, -0.25) is 0 Å². The highest BCUT2D eigenvalue weighted by atomic mass is 19.3. The molecule has 3 aromatic rings. The Morgan fingerprint density at radius 3 is 1.42 bits per heavy atom. The van der Waals surface area contributed by atoms with Crippen molar-refractivity contribution in [3.63, 3.8) is 0 Å². The Morgan fingerprint density at radius 2 is 1.00 bits per heavy atom. The van der Waals surface area contributed by atoms with Crippen molar-refractivity contribution >= 4 is 0 Å². The number of alkyl halides is 4. The SMILES string of the molecule is COc1ccc(C(F)(F)Oc2ccc(OC(F)(F)c3ccc(OC)cc3)c(C)c2)cc1. The van der Waals surface area contributed by atoms with E-state index in [9.17, 15) is 17.6 Å². The average Bonchev–Trinajstić information content (AvgIpc) is 2.75. The van der Waals surface area contributed by atoms with Crippen LogP contribution in [0.25, 0.3) is 0 Å². The minimum absolute atomic E-state index is 0.166. The van der Waals surface area contributed by atoms with Crippen LogP contribution < -0.4 is 18.9 Å². The maximum absolute atomic E-state index is 14.5. The summed E-state index contributed by atoms with van der Waals surface area (Å²) in [6.45, 7) is 1.46. The molecule has 0 heterocycles. The highest BCUT2D eigenvalue weighted by molar-refractivity contribution is 5.41. The Balaban J connectivity index is 1.75. The van der Waals surface area contributed by atoms with Crippen LogP contribution in [0.5, 0.6) is 23.0 Å². The second-order valence-electron chi connectivity index (χ2n) is 6.62. The Hall–Kier alpha value is -3.42. The average molecular weight is 436 g/mol. The molecule has 4 nitrogen and oxygen atoms in total. The van der Waals surface area contributed by atoms with Gasteiger partial charge in [0.1, 0.15) is 23.0 Å². The summed E-state index contributed by atoms with van der Waals surface area (Å²) in [5, 5.41) is 0. The molecule has 0 aromatic heterocycles. The van der Waals surface area contributed by atoms with E-state index in [4.69, 9.17) is 18.9 Å². The number of hydrogen-bond acceptors (Lipinski definition) is 4. The number of hydrogen-bond donors (Lipinski definition) is 0. The van der Waals surface area contributed by atoms with E-state index < -0.39 is 12.2 Å². The van der Waals surface area contributed by atoms with Crippen LogP contribution in [0.2, 0.25) is 0 Å². The number of benzene rings is 3. The smallest absolute Gasteiger partial charge is 0.426 e. The Morgan fingerprint density at radius 1 is 0.581 bits per heavy atom. The maximum atomic E-state index is 14.5. The lowest BCUT2D eigenvalue weighted by Crippen LogP contribution is -2.23. The number of halogens is 4. The third-order valence-electron chi connectivity index (χ3n) is 4.48.